The van der Waals surface area contributed by atoms with Crippen LogP contribution in [-0.2, 0) is 0 Å². The zero-order chi connectivity index (χ0) is 15.5. The molecule has 0 unspecified atom stereocenters. The molecule has 1 saturated heterocycles. The normalized spacial score (nSPS) is 15.8. The minimum atomic E-state index is -0.218. The number of nitrogens with one attached hydrogen (secondary N) is 1. The van der Waals surface area contributed by atoms with E-state index in [9.17, 15) is 9.59 Å². The Morgan fingerprint density at radius 1 is 1.18 bits per heavy atom. The van der Waals surface area contributed by atoms with Crippen LogP contribution in [0.15, 0.2) is 44.0 Å². The number of rotatable bonds is 3. The maximum Gasteiger partial charge on any atom is 0.289 e. The van der Waals surface area contributed by atoms with Crippen molar-refractivity contribution in [2.75, 3.05) is 13.1 Å². The molecule has 1 aliphatic rings. The second-order valence-electron chi connectivity index (χ2n) is 5.12. The Bertz CT molecular complexity index is 657. The average molecular weight is 367 g/mol. The van der Waals surface area contributed by atoms with Gasteiger partial charge in [0.2, 0.25) is 0 Å². The number of carbonyl (C=O) groups is 2. The summed E-state index contributed by atoms with van der Waals surface area (Å²) in [5.74, 6) is 0.287. The number of hydrogen-bond donors (Lipinski definition) is 1. The standard InChI is InChI=1S/C15H15BrN2O4/c16-13-4-3-12(22-13)15(20)18-7-5-10(6-8-18)17-14(19)11-2-1-9-21-11/h1-4,9-10H,5-8H2,(H,17,19). The summed E-state index contributed by atoms with van der Waals surface area (Å²) < 4.78 is 10.9. The molecular formula is C15H15BrN2O4. The lowest BCUT2D eigenvalue weighted by molar-refractivity contribution is 0.0664. The highest BCUT2D eigenvalue weighted by atomic mass is 79.9. The van der Waals surface area contributed by atoms with Crippen molar-refractivity contribution in [1.29, 1.82) is 0 Å². The molecule has 0 radical (unpaired) electrons. The van der Waals surface area contributed by atoms with Crippen molar-refractivity contribution in [3.63, 3.8) is 0 Å². The van der Waals surface area contributed by atoms with Crippen molar-refractivity contribution >= 4 is 27.7 Å². The van der Waals surface area contributed by atoms with Gasteiger partial charge in [-0.3, -0.25) is 9.59 Å². The highest BCUT2D eigenvalue weighted by Gasteiger charge is 2.26. The van der Waals surface area contributed by atoms with Gasteiger partial charge in [0.15, 0.2) is 16.2 Å². The van der Waals surface area contributed by atoms with E-state index < -0.39 is 0 Å². The highest BCUT2D eigenvalue weighted by Crippen LogP contribution is 2.19. The first-order valence-corrected chi connectivity index (χ1v) is 7.82. The summed E-state index contributed by atoms with van der Waals surface area (Å²) in [5, 5.41) is 2.92. The molecule has 0 bridgehead atoms. The molecule has 0 saturated carbocycles. The summed E-state index contributed by atoms with van der Waals surface area (Å²) in [7, 11) is 0. The summed E-state index contributed by atoms with van der Waals surface area (Å²) in [5.41, 5.74) is 0. The third-order valence-electron chi connectivity index (χ3n) is 3.65. The number of furan rings is 2. The summed E-state index contributed by atoms with van der Waals surface area (Å²) in [6, 6.07) is 6.70. The maximum atomic E-state index is 12.2. The Morgan fingerprint density at radius 2 is 1.95 bits per heavy atom. The molecule has 3 rings (SSSR count). The predicted molar refractivity (Wildman–Crippen MR) is 81.5 cm³/mol. The second kappa shape index (κ2) is 6.39. The molecular weight excluding hydrogens is 352 g/mol. The van der Waals surface area contributed by atoms with Crippen LogP contribution >= 0.6 is 15.9 Å². The van der Waals surface area contributed by atoms with Crippen molar-refractivity contribution in [1.82, 2.24) is 10.2 Å². The van der Waals surface area contributed by atoms with Crippen molar-refractivity contribution in [2.45, 2.75) is 18.9 Å². The average Bonchev–Trinajstić information content (AvgIpc) is 3.18. The van der Waals surface area contributed by atoms with Crippen molar-refractivity contribution < 1.29 is 18.4 Å². The van der Waals surface area contributed by atoms with E-state index in [1.54, 1.807) is 29.2 Å². The molecule has 0 spiro atoms. The Kier molecular flexibility index (Phi) is 4.33. The Morgan fingerprint density at radius 3 is 2.55 bits per heavy atom. The number of likely N-dealkylation sites (tertiary alicyclic amines) is 1. The number of nitrogens with zero attached hydrogens (tertiary/aromatic N) is 1. The maximum absolute atomic E-state index is 12.2. The lowest BCUT2D eigenvalue weighted by Crippen LogP contribution is -2.46. The number of piperidine rings is 1. The second-order valence-corrected chi connectivity index (χ2v) is 5.90. The van der Waals surface area contributed by atoms with Crippen LogP contribution in [-0.4, -0.2) is 35.8 Å². The molecule has 1 aliphatic heterocycles. The third-order valence-corrected chi connectivity index (χ3v) is 4.07. The van der Waals surface area contributed by atoms with Gasteiger partial charge in [0.1, 0.15) is 0 Å². The first-order chi connectivity index (χ1) is 10.6. The minimum absolute atomic E-state index is 0.0463. The van der Waals surface area contributed by atoms with E-state index in [4.69, 9.17) is 8.83 Å². The minimum Gasteiger partial charge on any atom is -0.459 e. The van der Waals surface area contributed by atoms with Gasteiger partial charge in [-0.1, -0.05) is 0 Å². The lowest BCUT2D eigenvalue weighted by atomic mass is 10.0. The van der Waals surface area contributed by atoms with Gasteiger partial charge in [0.25, 0.3) is 11.8 Å². The fourth-order valence-corrected chi connectivity index (χ4v) is 2.78. The van der Waals surface area contributed by atoms with Gasteiger partial charge >= 0.3 is 0 Å². The zero-order valence-corrected chi connectivity index (χ0v) is 13.3. The molecule has 7 heteroatoms. The van der Waals surface area contributed by atoms with Gasteiger partial charge in [0, 0.05) is 19.1 Å². The van der Waals surface area contributed by atoms with Crippen LogP contribution in [0, 0.1) is 0 Å². The van der Waals surface area contributed by atoms with Crippen LogP contribution < -0.4 is 5.32 Å². The first kappa shape index (κ1) is 14.9. The molecule has 2 aromatic heterocycles. The van der Waals surface area contributed by atoms with Gasteiger partial charge in [-0.05, 0) is 53.0 Å². The molecule has 0 aromatic carbocycles. The Balaban J connectivity index is 1.52. The fraction of sp³-hybridized carbons (Fsp3) is 0.333. The summed E-state index contributed by atoms with van der Waals surface area (Å²) in [4.78, 5) is 25.9. The summed E-state index contributed by atoms with van der Waals surface area (Å²) in [6.07, 6.45) is 2.89. The van der Waals surface area contributed by atoms with E-state index in [0.29, 0.717) is 42.1 Å². The smallest absolute Gasteiger partial charge is 0.289 e. The van der Waals surface area contributed by atoms with Crippen LogP contribution in [0.4, 0.5) is 0 Å². The molecule has 0 aliphatic carbocycles. The van der Waals surface area contributed by atoms with E-state index in [0.717, 1.165) is 0 Å². The SMILES string of the molecule is O=C(NC1CCN(C(=O)c2ccc(Br)o2)CC1)c1ccco1. The van der Waals surface area contributed by atoms with Crippen LogP contribution in [0.25, 0.3) is 0 Å². The molecule has 116 valence electrons. The number of halogens is 1. The van der Waals surface area contributed by atoms with Gasteiger partial charge < -0.3 is 19.1 Å². The van der Waals surface area contributed by atoms with Crippen LogP contribution in [0.5, 0.6) is 0 Å². The van der Waals surface area contributed by atoms with Crippen LogP contribution in [0.3, 0.4) is 0 Å². The molecule has 22 heavy (non-hydrogen) atoms. The van der Waals surface area contributed by atoms with Crippen LogP contribution in [0.2, 0.25) is 0 Å². The van der Waals surface area contributed by atoms with E-state index >= 15 is 0 Å². The monoisotopic (exact) mass is 366 g/mol. The Labute approximate surface area is 135 Å². The van der Waals surface area contributed by atoms with E-state index in [1.807, 2.05) is 0 Å². The Hall–Kier alpha value is -2.02. The van der Waals surface area contributed by atoms with Gasteiger partial charge in [-0.15, -0.1) is 0 Å². The number of amides is 2. The topological polar surface area (TPSA) is 75.7 Å². The number of carbonyl (C=O) groups excluding carboxylic acids is 2. The largest absolute Gasteiger partial charge is 0.459 e. The number of hydrogen-bond acceptors (Lipinski definition) is 4. The molecule has 0 atom stereocenters. The quantitative estimate of drug-likeness (QED) is 0.905. The third kappa shape index (κ3) is 3.24. The molecule has 2 aromatic rings. The van der Waals surface area contributed by atoms with Crippen LogP contribution in [0.1, 0.15) is 34.0 Å². The molecule has 1 fully saturated rings. The van der Waals surface area contributed by atoms with E-state index in [-0.39, 0.29) is 17.9 Å². The predicted octanol–water partition coefficient (Wildman–Crippen LogP) is 2.67. The van der Waals surface area contributed by atoms with E-state index in [2.05, 4.69) is 21.2 Å². The molecule has 1 N–H and O–H groups in total. The van der Waals surface area contributed by atoms with E-state index in [1.165, 1.54) is 6.26 Å². The van der Waals surface area contributed by atoms with Crippen molar-refractivity contribution in [3.8, 4) is 0 Å². The zero-order valence-electron chi connectivity index (χ0n) is 11.8. The lowest BCUT2D eigenvalue weighted by Gasteiger charge is -2.31. The summed E-state index contributed by atoms with van der Waals surface area (Å²) >= 11 is 3.19. The van der Waals surface area contributed by atoms with Crippen molar-refractivity contribution in [3.05, 3.63) is 46.7 Å². The van der Waals surface area contributed by atoms with Gasteiger partial charge in [-0.2, -0.15) is 0 Å². The van der Waals surface area contributed by atoms with Gasteiger partial charge in [0.05, 0.1) is 6.26 Å². The molecule has 6 nitrogen and oxygen atoms in total. The molecule has 3 heterocycles. The van der Waals surface area contributed by atoms with Crippen molar-refractivity contribution in [2.24, 2.45) is 0 Å². The molecule has 2 amide bonds. The summed E-state index contributed by atoms with van der Waals surface area (Å²) in [6.45, 7) is 1.17. The highest BCUT2D eigenvalue weighted by molar-refractivity contribution is 9.10. The fourth-order valence-electron chi connectivity index (χ4n) is 2.48. The van der Waals surface area contributed by atoms with Gasteiger partial charge in [-0.25, -0.2) is 0 Å². The first-order valence-electron chi connectivity index (χ1n) is 7.02.